The lowest BCUT2D eigenvalue weighted by Crippen LogP contribution is -2.39. The van der Waals surface area contributed by atoms with Gasteiger partial charge in [0.15, 0.2) is 5.60 Å². The number of rotatable bonds is 8. The first-order valence-corrected chi connectivity index (χ1v) is 11.0. The maximum absolute atomic E-state index is 13.1. The predicted octanol–water partition coefficient (Wildman–Crippen LogP) is 2.91. The summed E-state index contributed by atoms with van der Waals surface area (Å²) in [4.78, 5) is 0. The largest absolute Gasteiger partial charge is 0.421 e. The number of thiophene rings is 1. The molecule has 0 amide bonds. The molecule has 1 heterocycles. The highest BCUT2D eigenvalue weighted by Crippen LogP contribution is 2.39. The summed E-state index contributed by atoms with van der Waals surface area (Å²) in [6.45, 7) is 0.951. The zero-order chi connectivity index (χ0) is 22.4. The molecule has 3 N–H and O–H groups in total. The van der Waals surface area contributed by atoms with Crippen LogP contribution in [0.15, 0.2) is 39.9 Å². The van der Waals surface area contributed by atoms with E-state index in [1.165, 1.54) is 19.2 Å². The molecule has 1 aromatic heterocycles. The van der Waals surface area contributed by atoms with E-state index < -0.39 is 21.8 Å². The highest BCUT2D eigenvalue weighted by atomic mass is 32.2. The fourth-order valence-corrected chi connectivity index (χ4v) is 4.41. The summed E-state index contributed by atoms with van der Waals surface area (Å²) in [5.41, 5.74) is -2.79. The Labute approximate surface area is 177 Å². The first kappa shape index (κ1) is 24.2. The molecular weight excluding hydrogens is 441 g/mol. The van der Waals surface area contributed by atoms with E-state index in [0.29, 0.717) is 12.6 Å². The monoisotopic (exact) mass is 462 g/mol. The molecule has 164 valence electrons. The van der Waals surface area contributed by atoms with Crippen molar-refractivity contribution < 1.29 is 31.4 Å². The quantitative estimate of drug-likeness (QED) is 0.415. The third-order valence-corrected chi connectivity index (χ3v) is 6.92. The fraction of sp³-hybridized carbons (Fsp3) is 0.368. The van der Waals surface area contributed by atoms with Crippen LogP contribution in [-0.2, 0) is 20.4 Å². The van der Waals surface area contributed by atoms with Crippen LogP contribution >= 0.6 is 11.3 Å². The lowest BCUT2D eigenvalue weighted by atomic mass is 9.93. The molecule has 0 fully saturated rings. The Balaban J connectivity index is 2.15. The standard InChI is InChI=1S/C19H21F3N2O4S2/c1-18(25,19(20,21)22)15-7-8-16(14(13-15)5-3-11-28-2)23-9-10-24-30(26,27)17-6-4-12-29-17/h4,6-8,12-13,23-25H,9-11H2,1-2H3. The summed E-state index contributed by atoms with van der Waals surface area (Å²) in [6, 6.07) is 6.76. The van der Waals surface area contributed by atoms with Gasteiger partial charge in [0.05, 0.1) is 0 Å². The molecular formula is C19H21F3N2O4S2. The van der Waals surface area contributed by atoms with Crippen LogP contribution in [-0.4, -0.2) is 46.5 Å². The number of hydrogen-bond donors (Lipinski definition) is 3. The van der Waals surface area contributed by atoms with Crippen molar-refractivity contribution in [3.8, 4) is 11.8 Å². The lowest BCUT2D eigenvalue weighted by Gasteiger charge is -2.27. The number of benzene rings is 1. The van der Waals surface area contributed by atoms with Gasteiger partial charge in [-0.3, -0.25) is 0 Å². The zero-order valence-electron chi connectivity index (χ0n) is 16.2. The van der Waals surface area contributed by atoms with Crippen molar-refractivity contribution in [1.29, 1.82) is 0 Å². The Kier molecular flexibility index (Phi) is 7.90. The van der Waals surface area contributed by atoms with Crippen molar-refractivity contribution in [3.63, 3.8) is 0 Å². The SMILES string of the molecule is COCC#Cc1cc(C(C)(O)C(F)(F)F)ccc1NCCNS(=O)(=O)c1cccs1. The average molecular weight is 463 g/mol. The Morgan fingerprint density at radius 2 is 1.97 bits per heavy atom. The first-order valence-electron chi connectivity index (χ1n) is 8.67. The summed E-state index contributed by atoms with van der Waals surface area (Å²) in [7, 11) is -2.19. The van der Waals surface area contributed by atoms with Gasteiger partial charge in [0.25, 0.3) is 0 Å². The van der Waals surface area contributed by atoms with Gasteiger partial charge in [0, 0.05) is 31.5 Å². The molecule has 0 bridgehead atoms. The minimum atomic E-state index is -4.86. The highest BCUT2D eigenvalue weighted by molar-refractivity contribution is 7.91. The van der Waals surface area contributed by atoms with Gasteiger partial charge in [-0.15, -0.1) is 11.3 Å². The molecule has 0 saturated heterocycles. The summed E-state index contributed by atoms with van der Waals surface area (Å²) >= 11 is 1.09. The molecule has 0 aliphatic heterocycles. The molecule has 0 aliphatic rings. The number of alkyl halides is 3. The number of halogens is 3. The minimum absolute atomic E-state index is 0.0488. The highest BCUT2D eigenvalue weighted by Gasteiger charge is 2.51. The van der Waals surface area contributed by atoms with Gasteiger partial charge in [-0.2, -0.15) is 13.2 Å². The lowest BCUT2D eigenvalue weighted by molar-refractivity contribution is -0.258. The first-order chi connectivity index (χ1) is 14.0. The van der Waals surface area contributed by atoms with Crippen molar-refractivity contribution in [2.24, 2.45) is 0 Å². The van der Waals surface area contributed by atoms with E-state index in [9.17, 15) is 26.7 Å². The summed E-state index contributed by atoms with van der Waals surface area (Å²) < 4.78 is 71.1. The number of anilines is 1. The van der Waals surface area contributed by atoms with Crippen LogP contribution in [0.25, 0.3) is 0 Å². The Morgan fingerprint density at radius 1 is 1.23 bits per heavy atom. The zero-order valence-corrected chi connectivity index (χ0v) is 17.8. The minimum Gasteiger partial charge on any atom is -0.383 e. The molecule has 1 atom stereocenters. The second-order valence-corrected chi connectivity index (χ2v) is 9.26. The molecule has 0 spiro atoms. The Morgan fingerprint density at radius 3 is 2.57 bits per heavy atom. The molecule has 1 aromatic carbocycles. The van der Waals surface area contributed by atoms with Gasteiger partial charge in [-0.1, -0.05) is 24.0 Å². The number of hydrogen-bond acceptors (Lipinski definition) is 6. The van der Waals surface area contributed by atoms with Crippen molar-refractivity contribution in [1.82, 2.24) is 4.72 Å². The van der Waals surface area contributed by atoms with E-state index in [4.69, 9.17) is 4.74 Å². The van der Waals surface area contributed by atoms with Gasteiger partial charge in [-0.05, 0) is 36.1 Å². The Hall–Kier alpha value is -2.10. The van der Waals surface area contributed by atoms with Crippen LogP contribution < -0.4 is 10.0 Å². The van der Waals surface area contributed by atoms with Crippen LogP contribution in [0, 0.1) is 11.8 Å². The molecule has 2 rings (SSSR count). The molecule has 0 radical (unpaired) electrons. The molecule has 11 heteroatoms. The van der Waals surface area contributed by atoms with E-state index in [0.717, 1.165) is 23.5 Å². The van der Waals surface area contributed by atoms with Crippen LogP contribution in [0.1, 0.15) is 18.1 Å². The second-order valence-electron chi connectivity index (χ2n) is 6.32. The summed E-state index contributed by atoms with van der Waals surface area (Å²) in [5, 5.41) is 14.5. The number of sulfonamides is 1. The summed E-state index contributed by atoms with van der Waals surface area (Å²) in [5.74, 6) is 5.36. The average Bonchev–Trinajstić information content (AvgIpc) is 3.21. The van der Waals surface area contributed by atoms with E-state index in [-0.39, 0.29) is 35.0 Å². The van der Waals surface area contributed by atoms with E-state index in [1.807, 2.05) is 0 Å². The third kappa shape index (κ3) is 5.96. The molecule has 0 saturated carbocycles. The molecule has 0 aliphatic carbocycles. The molecule has 30 heavy (non-hydrogen) atoms. The number of aliphatic hydroxyl groups is 1. The van der Waals surface area contributed by atoms with Crippen LogP contribution in [0.4, 0.5) is 18.9 Å². The van der Waals surface area contributed by atoms with Crippen LogP contribution in [0.2, 0.25) is 0 Å². The van der Waals surface area contributed by atoms with Gasteiger partial charge in [0.1, 0.15) is 10.8 Å². The predicted molar refractivity (Wildman–Crippen MR) is 109 cm³/mol. The van der Waals surface area contributed by atoms with E-state index in [2.05, 4.69) is 21.9 Å². The molecule has 6 nitrogen and oxygen atoms in total. The normalized spacial score (nSPS) is 13.9. The topological polar surface area (TPSA) is 87.7 Å². The van der Waals surface area contributed by atoms with Gasteiger partial charge < -0.3 is 15.2 Å². The second kappa shape index (κ2) is 9.80. The van der Waals surface area contributed by atoms with E-state index in [1.54, 1.807) is 11.4 Å². The maximum atomic E-state index is 13.1. The molecule has 1 unspecified atom stereocenters. The Bertz CT molecular complexity index is 1010. The smallest absolute Gasteiger partial charge is 0.383 e. The van der Waals surface area contributed by atoms with Crippen molar-refractivity contribution in [2.75, 3.05) is 32.1 Å². The van der Waals surface area contributed by atoms with Gasteiger partial charge in [0.2, 0.25) is 10.0 Å². The van der Waals surface area contributed by atoms with Gasteiger partial charge >= 0.3 is 6.18 Å². The van der Waals surface area contributed by atoms with Gasteiger partial charge in [-0.25, -0.2) is 13.1 Å². The number of ether oxygens (including phenoxy) is 1. The van der Waals surface area contributed by atoms with Crippen LogP contribution in [0.3, 0.4) is 0 Å². The summed E-state index contributed by atoms with van der Waals surface area (Å²) in [6.07, 6.45) is -4.86. The van der Waals surface area contributed by atoms with Crippen LogP contribution in [0.5, 0.6) is 0 Å². The van der Waals surface area contributed by atoms with Crippen molar-refractivity contribution in [2.45, 2.75) is 22.9 Å². The van der Waals surface area contributed by atoms with E-state index >= 15 is 0 Å². The number of methoxy groups -OCH3 is 1. The third-order valence-electron chi connectivity index (χ3n) is 4.07. The number of nitrogens with one attached hydrogen (secondary N) is 2. The fourth-order valence-electron chi connectivity index (χ4n) is 2.34. The molecule has 2 aromatic rings. The van der Waals surface area contributed by atoms with Crippen molar-refractivity contribution in [3.05, 3.63) is 46.8 Å². The maximum Gasteiger partial charge on any atom is 0.421 e. The van der Waals surface area contributed by atoms with Crippen molar-refractivity contribution >= 4 is 27.0 Å².